The first-order valence-corrected chi connectivity index (χ1v) is 4.82. The molecular formula is C11H13F2N. The van der Waals surface area contributed by atoms with Crippen LogP contribution in [0.1, 0.15) is 24.3 Å². The van der Waals surface area contributed by atoms with Gasteiger partial charge in [-0.2, -0.15) is 0 Å². The summed E-state index contributed by atoms with van der Waals surface area (Å²) < 4.78 is 25.0. The molecule has 1 fully saturated rings. The average Bonchev–Trinajstić information content (AvgIpc) is 2.00. The number of hydrogen-bond donors (Lipinski definition) is 1. The molecule has 1 aliphatic rings. The van der Waals surface area contributed by atoms with E-state index in [-0.39, 0.29) is 5.92 Å². The van der Waals surface area contributed by atoms with Gasteiger partial charge in [0.25, 0.3) is 0 Å². The predicted octanol–water partition coefficient (Wildman–Crippen LogP) is 3.03. The quantitative estimate of drug-likeness (QED) is 0.724. The van der Waals surface area contributed by atoms with Gasteiger partial charge in [-0.15, -0.1) is 0 Å². The second-order valence-electron chi connectivity index (χ2n) is 3.85. The topological polar surface area (TPSA) is 26.0 Å². The number of nitrogens with two attached hydrogens (primary N) is 1. The second-order valence-corrected chi connectivity index (χ2v) is 3.85. The van der Waals surface area contributed by atoms with E-state index in [4.69, 9.17) is 5.73 Å². The molecule has 1 aliphatic carbocycles. The Morgan fingerprint density at radius 1 is 1.29 bits per heavy atom. The third kappa shape index (κ3) is 1.59. The van der Waals surface area contributed by atoms with Crippen molar-refractivity contribution >= 4 is 5.69 Å². The molecule has 2 N–H and O–H groups in total. The minimum Gasteiger partial charge on any atom is -0.399 e. The molecule has 0 saturated heterocycles. The van der Waals surface area contributed by atoms with Crippen LogP contribution in [0.3, 0.4) is 0 Å². The van der Waals surface area contributed by atoms with Crippen molar-refractivity contribution in [3.63, 3.8) is 0 Å². The van der Waals surface area contributed by atoms with Gasteiger partial charge in [0.1, 0.15) is 0 Å². The van der Waals surface area contributed by atoms with Crippen LogP contribution in [0.25, 0.3) is 0 Å². The maximum Gasteiger partial charge on any atom is 0.242 e. The fraction of sp³-hybridized carbons (Fsp3) is 0.455. The molecular weight excluding hydrogens is 184 g/mol. The van der Waals surface area contributed by atoms with Crippen LogP contribution in [0, 0.1) is 5.92 Å². The van der Waals surface area contributed by atoms with Crippen LogP contribution in [0.2, 0.25) is 0 Å². The Balaban J connectivity index is 2.16. The van der Waals surface area contributed by atoms with Gasteiger partial charge in [0.2, 0.25) is 6.43 Å². The normalized spacial score (nSPS) is 26.2. The van der Waals surface area contributed by atoms with E-state index < -0.39 is 12.3 Å². The predicted molar refractivity (Wildman–Crippen MR) is 52.3 cm³/mol. The fourth-order valence-electron chi connectivity index (χ4n) is 2.03. The first kappa shape index (κ1) is 9.44. The number of alkyl halides is 2. The van der Waals surface area contributed by atoms with E-state index in [0.717, 1.165) is 12.0 Å². The van der Waals surface area contributed by atoms with E-state index in [1.54, 1.807) is 12.1 Å². The number of halogens is 2. The Bertz CT molecular complexity index is 325. The highest BCUT2D eigenvalue weighted by Crippen LogP contribution is 2.45. The van der Waals surface area contributed by atoms with Crippen molar-refractivity contribution in [3.05, 3.63) is 29.8 Å². The van der Waals surface area contributed by atoms with Crippen molar-refractivity contribution in [2.45, 2.75) is 25.2 Å². The largest absolute Gasteiger partial charge is 0.399 e. The van der Waals surface area contributed by atoms with E-state index in [0.29, 0.717) is 12.1 Å². The van der Waals surface area contributed by atoms with Crippen LogP contribution in [0.4, 0.5) is 14.5 Å². The number of anilines is 1. The van der Waals surface area contributed by atoms with E-state index >= 15 is 0 Å². The summed E-state index contributed by atoms with van der Waals surface area (Å²) in [6, 6.07) is 7.29. The Hall–Kier alpha value is -1.12. The van der Waals surface area contributed by atoms with Crippen molar-refractivity contribution in [3.8, 4) is 0 Å². The summed E-state index contributed by atoms with van der Waals surface area (Å²) in [6.45, 7) is 0. The van der Waals surface area contributed by atoms with Gasteiger partial charge in [-0.1, -0.05) is 12.1 Å². The zero-order valence-electron chi connectivity index (χ0n) is 7.79. The monoisotopic (exact) mass is 197 g/mol. The molecule has 0 bridgehead atoms. The van der Waals surface area contributed by atoms with Crippen molar-refractivity contribution in [2.75, 3.05) is 5.73 Å². The van der Waals surface area contributed by atoms with Crippen molar-refractivity contribution < 1.29 is 8.78 Å². The first-order valence-electron chi connectivity index (χ1n) is 4.82. The molecule has 0 aromatic heterocycles. The van der Waals surface area contributed by atoms with Gasteiger partial charge in [-0.25, -0.2) is 8.78 Å². The van der Waals surface area contributed by atoms with Crippen LogP contribution in [0.15, 0.2) is 24.3 Å². The molecule has 3 heteroatoms. The van der Waals surface area contributed by atoms with Gasteiger partial charge in [0.05, 0.1) is 0 Å². The van der Waals surface area contributed by atoms with Gasteiger partial charge in [-0.3, -0.25) is 0 Å². The van der Waals surface area contributed by atoms with E-state index in [1.165, 1.54) is 0 Å². The molecule has 0 heterocycles. The number of hydrogen-bond acceptors (Lipinski definition) is 1. The summed E-state index contributed by atoms with van der Waals surface area (Å²) in [5.74, 6) is -0.449. The molecule has 14 heavy (non-hydrogen) atoms. The zero-order chi connectivity index (χ0) is 10.1. The van der Waals surface area contributed by atoms with Crippen LogP contribution in [0.5, 0.6) is 0 Å². The molecule has 0 aliphatic heterocycles. The number of benzene rings is 1. The maximum atomic E-state index is 12.5. The maximum absolute atomic E-state index is 12.5. The van der Waals surface area contributed by atoms with Gasteiger partial charge in [0, 0.05) is 11.6 Å². The van der Waals surface area contributed by atoms with E-state index in [9.17, 15) is 8.78 Å². The molecule has 76 valence electrons. The fourth-order valence-corrected chi connectivity index (χ4v) is 2.03. The Morgan fingerprint density at radius 2 is 2.07 bits per heavy atom. The minimum atomic E-state index is -2.20. The first-order chi connectivity index (χ1) is 6.68. The standard InChI is InChI=1S/C11H13F2N/c12-11(13)10-5-4-9(10)7-2-1-3-8(14)6-7/h1-3,6,9-11H,4-5,14H2/t9-,10-/m0/s1. The molecule has 0 radical (unpaired) electrons. The second kappa shape index (κ2) is 3.56. The highest BCUT2D eigenvalue weighted by Gasteiger charge is 2.38. The van der Waals surface area contributed by atoms with Crippen LogP contribution >= 0.6 is 0 Å². The molecule has 1 saturated carbocycles. The molecule has 1 nitrogen and oxygen atoms in total. The van der Waals surface area contributed by atoms with E-state index in [1.807, 2.05) is 12.1 Å². The molecule has 2 atom stereocenters. The summed E-state index contributed by atoms with van der Waals surface area (Å²) in [4.78, 5) is 0. The smallest absolute Gasteiger partial charge is 0.242 e. The summed E-state index contributed by atoms with van der Waals surface area (Å²) in [5.41, 5.74) is 7.22. The third-order valence-corrected chi connectivity index (χ3v) is 2.99. The molecule has 2 rings (SSSR count). The molecule has 0 unspecified atom stereocenters. The summed E-state index contributed by atoms with van der Waals surface area (Å²) in [6.07, 6.45) is -0.703. The van der Waals surface area contributed by atoms with Crippen LogP contribution < -0.4 is 5.73 Å². The lowest BCUT2D eigenvalue weighted by Crippen LogP contribution is -2.29. The van der Waals surface area contributed by atoms with E-state index in [2.05, 4.69) is 0 Å². The third-order valence-electron chi connectivity index (χ3n) is 2.99. The van der Waals surface area contributed by atoms with Crippen molar-refractivity contribution in [1.29, 1.82) is 0 Å². The Labute approximate surface area is 81.9 Å². The Morgan fingerprint density at radius 3 is 2.57 bits per heavy atom. The lowest BCUT2D eigenvalue weighted by molar-refractivity contribution is 0.0168. The minimum absolute atomic E-state index is 0.0125. The number of rotatable bonds is 2. The van der Waals surface area contributed by atoms with Crippen molar-refractivity contribution in [2.24, 2.45) is 5.92 Å². The van der Waals surface area contributed by atoms with Gasteiger partial charge in [-0.05, 0) is 36.5 Å². The lowest BCUT2D eigenvalue weighted by Gasteiger charge is -2.36. The highest BCUT2D eigenvalue weighted by atomic mass is 19.3. The van der Waals surface area contributed by atoms with Gasteiger partial charge >= 0.3 is 0 Å². The Kier molecular flexibility index (Phi) is 2.40. The molecule has 0 spiro atoms. The average molecular weight is 197 g/mol. The molecule has 0 amide bonds. The zero-order valence-corrected chi connectivity index (χ0v) is 7.79. The van der Waals surface area contributed by atoms with Gasteiger partial charge in [0.15, 0.2) is 0 Å². The SMILES string of the molecule is Nc1cccc([C@@H]2CC[C@@H]2C(F)F)c1. The number of nitrogen functional groups attached to an aromatic ring is 1. The summed E-state index contributed by atoms with van der Waals surface area (Å²) in [5, 5.41) is 0. The van der Waals surface area contributed by atoms with Crippen LogP contribution in [-0.2, 0) is 0 Å². The molecule has 1 aromatic rings. The summed E-state index contributed by atoms with van der Waals surface area (Å²) in [7, 11) is 0. The summed E-state index contributed by atoms with van der Waals surface area (Å²) >= 11 is 0. The molecule has 1 aromatic carbocycles. The van der Waals surface area contributed by atoms with Crippen molar-refractivity contribution in [1.82, 2.24) is 0 Å². The van der Waals surface area contributed by atoms with Crippen LogP contribution in [-0.4, -0.2) is 6.43 Å². The highest BCUT2D eigenvalue weighted by molar-refractivity contribution is 5.42. The lowest BCUT2D eigenvalue weighted by atomic mass is 9.70. The van der Waals surface area contributed by atoms with Gasteiger partial charge < -0.3 is 5.73 Å².